The highest BCUT2D eigenvalue weighted by Crippen LogP contribution is 2.44. The predicted octanol–water partition coefficient (Wildman–Crippen LogP) is 3.36. The second-order valence-corrected chi connectivity index (χ2v) is 5.34. The Bertz CT molecular complexity index is 442. The summed E-state index contributed by atoms with van der Waals surface area (Å²) in [6.45, 7) is 5.05. The fraction of sp³-hybridized carbons (Fsp3) is 0.625. The molecule has 1 fully saturated rings. The molecule has 0 bridgehead atoms. The molecular formula is C16H24FNO2. The number of halogens is 1. The summed E-state index contributed by atoms with van der Waals surface area (Å²) in [6.07, 6.45) is 3.40. The van der Waals surface area contributed by atoms with E-state index in [1.54, 1.807) is 12.1 Å². The van der Waals surface area contributed by atoms with Gasteiger partial charge in [-0.2, -0.15) is 0 Å². The Morgan fingerprint density at radius 2 is 1.95 bits per heavy atom. The summed E-state index contributed by atoms with van der Waals surface area (Å²) in [6, 6.07) is 4.90. The van der Waals surface area contributed by atoms with Crippen LogP contribution in [0, 0.1) is 5.82 Å². The normalized spacial score (nSPS) is 26.5. The van der Waals surface area contributed by atoms with Gasteiger partial charge in [-0.25, -0.2) is 4.39 Å². The number of hydrogen-bond donors (Lipinski definition) is 1. The Labute approximate surface area is 120 Å². The van der Waals surface area contributed by atoms with Crippen LogP contribution in [0.25, 0.3) is 0 Å². The van der Waals surface area contributed by atoms with Crippen molar-refractivity contribution in [3.8, 4) is 5.75 Å². The van der Waals surface area contributed by atoms with Crippen molar-refractivity contribution in [3.63, 3.8) is 0 Å². The van der Waals surface area contributed by atoms with Gasteiger partial charge in [0.15, 0.2) is 0 Å². The van der Waals surface area contributed by atoms with Crippen LogP contribution < -0.4 is 10.5 Å². The molecule has 2 rings (SSSR count). The lowest BCUT2D eigenvalue weighted by Gasteiger charge is -2.40. The first kappa shape index (κ1) is 15.3. The van der Waals surface area contributed by atoms with Gasteiger partial charge in [-0.05, 0) is 57.7 Å². The minimum absolute atomic E-state index is 0.215. The van der Waals surface area contributed by atoms with E-state index in [0.29, 0.717) is 13.2 Å². The van der Waals surface area contributed by atoms with Gasteiger partial charge < -0.3 is 15.2 Å². The van der Waals surface area contributed by atoms with E-state index < -0.39 is 5.60 Å². The zero-order chi connectivity index (χ0) is 14.6. The van der Waals surface area contributed by atoms with Gasteiger partial charge >= 0.3 is 0 Å². The molecule has 1 aromatic carbocycles. The molecule has 0 unspecified atom stereocenters. The zero-order valence-electron chi connectivity index (χ0n) is 12.3. The van der Waals surface area contributed by atoms with E-state index in [-0.39, 0.29) is 11.9 Å². The van der Waals surface area contributed by atoms with Gasteiger partial charge in [0, 0.05) is 18.2 Å². The largest absolute Gasteiger partial charge is 0.493 e. The highest BCUT2D eigenvalue weighted by atomic mass is 19.1. The molecule has 1 aromatic rings. The fourth-order valence-electron chi connectivity index (χ4n) is 3.01. The molecule has 0 aliphatic heterocycles. The lowest BCUT2D eigenvalue weighted by molar-refractivity contribution is -0.0745. The summed E-state index contributed by atoms with van der Waals surface area (Å²) in [4.78, 5) is 0. The molecule has 1 aliphatic rings. The Morgan fingerprint density at radius 3 is 2.55 bits per heavy atom. The lowest BCUT2D eigenvalue weighted by Crippen LogP contribution is -2.39. The molecule has 0 radical (unpaired) electrons. The summed E-state index contributed by atoms with van der Waals surface area (Å²) >= 11 is 0. The van der Waals surface area contributed by atoms with Gasteiger partial charge in [0.1, 0.15) is 11.6 Å². The average Bonchev–Trinajstić information content (AvgIpc) is 2.44. The molecule has 2 N–H and O–H groups in total. The monoisotopic (exact) mass is 281 g/mol. The maximum Gasteiger partial charge on any atom is 0.125 e. The van der Waals surface area contributed by atoms with E-state index in [0.717, 1.165) is 37.0 Å². The molecule has 0 amide bonds. The summed E-state index contributed by atoms with van der Waals surface area (Å²) in [5.41, 5.74) is 6.36. The summed E-state index contributed by atoms with van der Waals surface area (Å²) in [5.74, 6) is 0.468. The van der Waals surface area contributed by atoms with Crippen LogP contribution in [0.3, 0.4) is 0 Å². The standard InChI is InChI=1S/C16H24FNO2/c1-3-19-15-6-5-12(17)11-14(15)16(20-4-2)9-7-13(18)8-10-16/h5-6,11,13H,3-4,7-10,18H2,1-2H3. The third-order valence-corrected chi connectivity index (χ3v) is 3.99. The first-order valence-electron chi connectivity index (χ1n) is 7.43. The SMILES string of the molecule is CCOc1ccc(F)cc1C1(OCC)CCC(N)CC1. The Hall–Kier alpha value is -1.13. The summed E-state index contributed by atoms with van der Waals surface area (Å²) in [5, 5.41) is 0. The molecule has 1 saturated carbocycles. The van der Waals surface area contributed by atoms with Gasteiger partial charge in [0.25, 0.3) is 0 Å². The average molecular weight is 281 g/mol. The van der Waals surface area contributed by atoms with Gasteiger partial charge in [-0.15, -0.1) is 0 Å². The molecule has 0 spiro atoms. The lowest BCUT2D eigenvalue weighted by atomic mass is 9.77. The van der Waals surface area contributed by atoms with Crippen molar-refractivity contribution in [1.29, 1.82) is 0 Å². The van der Waals surface area contributed by atoms with Crippen molar-refractivity contribution >= 4 is 0 Å². The molecule has 0 aromatic heterocycles. The van der Waals surface area contributed by atoms with Crippen molar-refractivity contribution < 1.29 is 13.9 Å². The minimum atomic E-state index is -0.461. The highest BCUT2D eigenvalue weighted by molar-refractivity contribution is 5.39. The van der Waals surface area contributed by atoms with Gasteiger partial charge in [-0.3, -0.25) is 0 Å². The molecule has 20 heavy (non-hydrogen) atoms. The van der Waals surface area contributed by atoms with E-state index >= 15 is 0 Å². The smallest absolute Gasteiger partial charge is 0.125 e. The first-order valence-corrected chi connectivity index (χ1v) is 7.43. The molecule has 3 nitrogen and oxygen atoms in total. The van der Waals surface area contributed by atoms with Crippen molar-refractivity contribution in [2.45, 2.75) is 51.2 Å². The third kappa shape index (κ3) is 3.13. The Balaban J connectivity index is 2.40. The number of hydrogen-bond acceptors (Lipinski definition) is 3. The highest BCUT2D eigenvalue weighted by Gasteiger charge is 2.39. The summed E-state index contributed by atoms with van der Waals surface area (Å²) < 4.78 is 25.4. The van der Waals surface area contributed by atoms with Crippen LogP contribution in [0.2, 0.25) is 0 Å². The van der Waals surface area contributed by atoms with Crippen LogP contribution in [0.4, 0.5) is 4.39 Å². The Kier molecular flexibility index (Phi) is 5.00. The Morgan fingerprint density at radius 1 is 1.25 bits per heavy atom. The molecule has 4 heteroatoms. The number of nitrogens with two attached hydrogens (primary N) is 1. The molecule has 0 heterocycles. The van der Waals surface area contributed by atoms with E-state index in [2.05, 4.69) is 0 Å². The number of ether oxygens (including phenoxy) is 2. The molecule has 0 atom stereocenters. The van der Waals surface area contributed by atoms with Gasteiger partial charge in [0.05, 0.1) is 12.2 Å². The van der Waals surface area contributed by atoms with E-state index in [1.165, 1.54) is 6.07 Å². The van der Waals surface area contributed by atoms with Crippen LogP contribution in [0.1, 0.15) is 45.1 Å². The minimum Gasteiger partial charge on any atom is -0.493 e. The van der Waals surface area contributed by atoms with Gasteiger partial charge in [-0.1, -0.05) is 0 Å². The molecular weight excluding hydrogens is 257 g/mol. The zero-order valence-corrected chi connectivity index (χ0v) is 12.3. The van der Waals surface area contributed by atoms with Gasteiger partial charge in [0.2, 0.25) is 0 Å². The number of benzene rings is 1. The molecule has 0 saturated heterocycles. The predicted molar refractivity (Wildman–Crippen MR) is 77.3 cm³/mol. The van der Waals surface area contributed by atoms with Crippen LogP contribution in [-0.4, -0.2) is 19.3 Å². The van der Waals surface area contributed by atoms with Crippen molar-refractivity contribution in [1.82, 2.24) is 0 Å². The first-order chi connectivity index (χ1) is 9.61. The van der Waals surface area contributed by atoms with Crippen molar-refractivity contribution in [2.24, 2.45) is 5.73 Å². The maximum atomic E-state index is 13.7. The number of rotatable bonds is 5. The van der Waals surface area contributed by atoms with E-state index in [1.807, 2.05) is 13.8 Å². The van der Waals surface area contributed by atoms with Crippen LogP contribution in [0.5, 0.6) is 5.75 Å². The topological polar surface area (TPSA) is 44.5 Å². The second-order valence-electron chi connectivity index (χ2n) is 5.34. The quantitative estimate of drug-likeness (QED) is 0.900. The fourth-order valence-corrected chi connectivity index (χ4v) is 3.01. The van der Waals surface area contributed by atoms with E-state index in [9.17, 15) is 4.39 Å². The van der Waals surface area contributed by atoms with Crippen LogP contribution in [-0.2, 0) is 10.3 Å². The van der Waals surface area contributed by atoms with Crippen molar-refractivity contribution in [3.05, 3.63) is 29.6 Å². The molecule has 1 aliphatic carbocycles. The van der Waals surface area contributed by atoms with Crippen LogP contribution >= 0.6 is 0 Å². The second kappa shape index (κ2) is 6.55. The van der Waals surface area contributed by atoms with E-state index in [4.69, 9.17) is 15.2 Å². The maximum absolute atomic E-state index is 13.7. The molecule has 112 valence electrons. The van der Waals surface area contributed by atoms with Crippen molar-refractivity contribution in [2.75, 3.05) is 13.2 Å². The van der Waals surface area contributed by atoms with Crippen LogP contribution in [0.15, 0.2) is 18.2 Å². The third-order valence-electron chi connectivity index (χ3n) is 3.99. The summed E-state index contributed by atoms with van der Waals surface area (Å²) in [7, 11) is 0.